The molecule has 0 unspecified atom stereocenters. The number of ketones is 1. The van der Waals surface area contributed by atoms with Crippen LogP contribution in [0.3, 0.4) is 0 Å². The molecule has 0 saturated carbocycles. The van der Waals surface area contributed by atoms with E-state index in [2.05, 4.69) is 4.74 Å². The maximum absolute atomic E-state index is 11.3. The molecule has 0 radical (unpaired) electrons. The number of rotatable bonds is 3. The monoisotopic (exact) mass is 184 g/mol. The molecule has 0 atom stereocenters. The number of esters is 1. The normalized spacial score (nSPS) is 11.7. The maximum Gasteiger partial charge on any atom is 0.302 e. The summed E-state index contributed by atoms with van der Waals surface area (Å²) in [5, 5.41) is 0. The molecule has 0 aromatic heterocycles. The highest BCUT2D eigenvalue weighted by molar-refractivity contribution is 5.93. The maximum atomic E-state index is 11.3. The summed E-state index contributed by atoms with van der Waals surface area (Å²) >= 11 is 0. The molecule has 3 nitrogen and oxygen atoms in total. The Kier molecular flexibility index (Phi) is 4.38. The summed E-state index contributed by atoms with van der Waals surface area (Å²) in [7, 11) is 0. The van der Waals surface area contributed by atoms with Crippen molar-refractivity contribution < 1.29 is 14.3 Å². The molecule has 0 aliphatic carbocycles. The van der Waals surface area contributed by atoms with Crippen molar-refractivity contribution in [1.29, 1.82) is 0 Å². The van der Waals surface area contributed by atoms with Crippen LogP contribution in [0.5, 0.6) is 0 Å². The molecule has 0 aromatic rings. The molecular weight excluding hydrogens is 168 g/mol. The lowest BCUT2D eigenvalue weighted by atomic mass is 9.91. The molecule has 0 amide bonds. The third-order valence-corrected chi connectivity index (χ3v) is 1.39. The third-order valence-electron chi connectivity index (χ3n) is 1.39. The van der Waals surface area contributed by atoms with Gasteiger partial charge >= 0.3 is 5.97 Å². The van der Waals surface area contributed by atoms with Gasteiger partial charge in [0.2, 0.25) is 0 Å². The lowest BCUT2D eigenvalue weighted by Gasteiger charge is -2.12. The van der Waals surface area contributed by atoms with Gasteiger partial charge in [0.15, 0.2) is 5.78 Å². The smallest absolute Gasteiger partial charge is 0.302 e. The van der Waals surface area contributed by atoms with E-state index in [1.54, 1.807) is 6.08 Å². The second-order valence-electron chi connectivity index (χ2n) is 3.82. The van der Waals surface area contributed by atoms with Crippen molar-refractivity contribution in [3.8, 4) is 0 Å². The fourth-order valence-electron chi connectivity index (χ4n) is 0.571. The van der Waals surface area contributed by atoms with Gasteiger partial charge in [0.05, 0.1) is 0 Å². The Morgan fingerprint density at radius 2 is 1.85 bits per heavy atom. The molecule has 0 N–H and O–H groups in total. The molecule has 0 heterocycles. The average molecular weight is 184 g/mol. The van der Waals surface area contributed by atoms with E-state index >= 15 is 0 Å². The number of carbonyl (C=O) groups is 2. The highest BCUT2D eigenvalue weighted by Gasteiger charge is 2.17. The van der Waals surface area contributed by atoms with E-state index < -0.39 is 0 Å². The largest absolute Gasteiger partial charge is 0.462 e. The molecule has 0 spiro atoms. The molecule has 0 rings (SSSR count). The molecule has 0 saturated heterocycles. The van der Waals surface area contributed by atoms with Gasteiger partial charge in [0.1, 0.15) is 6.61 Å². The summed E-state index contributed by atoms with van der Waals surface area (Å²) in [5.74, 6) is -0.312. The van der Waals surface area contributed by atoms with Crippen LogP contribution >= 0.6 is 0 Å². The lowest BCUT2D eigenvalue weighted by Crippen LogP contribution is -2.17. The predicted octanol–water partition coefficient (Wildman–Crippen LogP) is 1.72. The summed E-state index contributed by atoms with van der Waals surface area (Å²) < 4.78 is 4.63. The quantitative estimate of drug-likeness (QED) is 0.495. The Hall–Kier alpha value is -1.12. The van der Waals surface area contributed by atoms with Crippen LogP contribution in [-0.4, -0.2) is 18.4 Å². The van der Waals surface area contributed by atoms with E-state index in [9.17, 15) is 9.59 Å². The van der Waals surface area contributed by atoms with Gasteiger partial charge in [-0.2, -0.15) is 0 Å². The molecule has 3 heteroatoms. The Morgan fingerprint density at radius 3 is 2.23 bits per heavy atom. The molecule has 0 aromatic carbocycles. The van der Waals surface area contributed by atoms with Crippen molar-refractivity contribution in [2.75, 3.05) is 6.61 Å². The Labute approximate surface area is 78.8 Å². The summed E-state index contributed by atoms with van der Waals surface area (Å²) in [6.07, 6.45) is 3.00. The Morgan fingerprint density at radius 1 is 1.31 bits per heavy atom. The first-order chi connectivity index (χ1) is 5.84. The molecule has 0 aliphatic heterocycles. The predicted molar refractivity (Wildman–Crippen MR) is 50.2 cm³/mol. The molecule has 13 heavy (non-hydrogen) atoms. The van der Waals surface area contributed by atoms with Crippen molar-refractivity contribution in [2.24, 2.45) is 5.41 Å². The first kappa shape index (κ1) is 11.9. The minimum absolute atomic E-state index is 0.0275. The van der Waals surface area contributed by atoms with Gasteiger partial charge in [0, 0.05) is 12.3 Å². The SMILES string of the molecule is CC(=O)OC/C=C/C(=O)C(C)(C)C. The Bertz CT molecular complexity index is 221. The van der Waals surface area contributed by atoms with E-state index in [1.807, 2.05) is 20.8 Å². The van der Waals surface area contributed by atoms with Crippen LogP contribution in [0.1, 0.15) is 27.7 Å². The summed E-state index contributed by atoms with van der Waals surface area (Å²) in [4.78, 5) is 21.6. The molecule has 0 aliphatic rings. The second-order valence-corrected chi connectivity index (χ2v) is 3.82. The first-order valence-electron chi connectivity index (χ1n) is 4.18. The second kappa shape index (κ2) is 4.80. The number of hydrogen-bond donors (Lipinski definition) is 0. The lowest BCUT2D eigenvalue weighted by molar-refractivity contribution is -0.139. The minimum atomic E-state index is -0.368. The van der Waals surface area contributed by atoms with Crippen LogP contribution in [0.2, 0.25) is 0 Å². The summed E-state index contributed by atoms with van der Waals surface area (Å²) in [5.41, 5.74) is -0.368. The van der Waals surface area contributed by atoms with Gasteiger partial charge in [-0.1, -0.05) is 20.8 Å². The number of ether oxygens (including phenoxy) is 1. The van der Waals surface area contributed by atoms with Gasteiger partial charge in [-0.05, 0) is 12.2 Å². The summed E-state index contributed by atoms with van der Waals surface area (Å²) in [6, 6.07) is 0. The van der Waals surface area contributed by atoms with E-state index in [4.69, 9.17) is 0 Å². The van der Waals surface area contributed by atoms with Gasteiger partial charge < -0.3 is 4.74 Å². The molecule has 0 fully saturated rings. The number of hydrogen-bond acceptors (Lipinski definition) is 3. The van der Waals surface area contributed by atoms with E-state index in [1.165, 1.54) is 13.0 Å². The van der Waals surface area contributed by atoms with Crippen molar-refractivity contribution in [3.05, 3.63) is 12.2 Å². The first-order valence-corrected chi connectivity index (χ1v) is 4.18. The van der Waals surface area contributed by atoms with Gasteiger partial charge in [-0.3, -0.25) is 9.59 Å². The average Bonchev–Trinajstić information content (AvgIpc) is 1.95. The number of carbonyl (C=O) groups excluding carboxylic acids is 2. The van der Waals surface area contributed by atoms with E-state index in [0.717, 1.165) is 0 Å². The van der Waals surface area contributed by atoms with Gasteiger partial charge in [-0.25, -0.2) is 0 Å². The van der Waals surface area contributed by atoms with Crippen molar-refractivity contribution >= 4 is 11.8 Å². The van der Waals surface area contributed by atoms with Crippen LogP contribution < -0.4 is 0 Å². The van der Waals surface area contributed by atoms with Crippen LogP contribution in [0.4, 0.5) is 0 Å². The van der Waals surface area contributed by atoms with Gasteiger partial charge in [0.25, 0.3) is 0 Å². The highest BCUT2D eigenvalue weighted by atomic mass is 16.5. The molecule has 74 valence electrons. The fraction of sp³-hybridized carbons (Fsp3) is 0.600. The van der Waals surface area contributed by atoms with Crippen molar-refractivity contribution in [2.45, 2.75) is 27.7 Å². The van der Waals surface area contributed by atoms with Crippen LogP contribution in [-0.2, 0) is 14.3 Å². The molecule has 0 bridgehead atoms. The zero-order valence-electron chi connectivity index (χ0n) is 8.59. The third kappa shape index (κ3) is 6.08. The van der Waals surface area contributed by atoms with Crippen molar-refractivity contribution in [1.82, 2.24) is 0 Å². The van der Waals surface area contributed by atoms with E-state index in [-0.39, 0.29) is 23.8 Å². The van der Waals surface area contributed by atoms with Gasteiger partial charge in [-0.15, -0.1) is 0 Å². The van der Waals surface area contributed by atoms with Crippen molar-refractivity contribution in [3.63, 3.8) is 0 Å². The van der Waals surface area contributed by atoms with Crippen LogP contribution in [0.25, 0.3) is 0 Å². The minimum Gasteiger partial charge on any atom is -0.462 e. The molecular formula is C10H16O3. The zero-order chi connectivity index (χ0) is 10.5. The topological polar surface area (TPSA) is 43.4 Å². The van der Waals surface area contributed by atoms with Crippen LogP contribution in [0, 0.1) is 5.41 Å². The standard InChI is InChI=1S/C10H16O3/c1-8(11)13-7-5-6-9(12)10(2,3)4/h5-6H,7H2,1-4H3/b6-5+. The zero-order valence-corrected chi connectivity index (χ0v) is 8.59. The van der Waals surface area contributed by atoms with E-state index in [0.29, 0.717) is 0 Å². The summed E-state index contributed by atoms with van der Waals surface area (Å²) in [6.45, 7) is 7.01. The van der Waals surface area contributed by atoms with Crippen LogP contribution in [0.15, 0.2) is 12.2 Å². The fourth-order valence-corrected chi connectivity index (χ4v) is 0.571. The highest BCUT2D eigenvalue weighted by Crippen LogP contribution is 2.14. The Balaban J connectivity index is 3.86. The number of allylic oxidation sites excluding steroid dienone is 1.